The lowest BCUT2D eigenvalue weighted by molar-refractivity contribution is -0.123. The number of halogens is 1. The average Bonchev–Trinajstić information content (AvgIpc) is 2.92. The van der Waals surface area contributed by atoms with Gasteiger partial charge in [-0.25, -0.2) is 10.3 Å². The monoisotopic (exact) mass is 371 g/mol. The maximum atomic E-state index is 12.5. The van der Waals surface area contributed by atoms with Crippen LogP contribution in [0.25, 0.3) is 0 Å². The minimum Gasteiger partial charge on any atom is -0.291 e. The fourth-order valence-electron chi connectivity index (χ4n) is 2.76. The quantitative estimate of drug-likeness (QED) is 0.603. The molecule has 0 aliphatic carbocycles. The van der Waals surface area contributed by atoms with Gasteiger partial charge in [0.05, 0.1) is 12.1 Å². The molecule has 0 spiro atoms. The maximum absolute atomic E-state index is 12.5. The fraction of sp³-hybridized carbons (Fsp3) is 0.211. The number of carbonyl (C=O) groups is 3. The van der Waals surface area contributed by atoms with Crippen molar-refractivity contribution in [2.45, 2.75) is 25.3 Å². The lowest BCUT2D eigenvalue weighted by atomic mass is 10.1. The Labute approximate surface area is 156 Å². The molecule has 2 aromatic carbocycles. The summed E-state index contributed by atoms with van der Waals surface area (Å²) < 4.78 is 0. The third-order valence-electron chi connectivity index (χ3n) is 4.08. The minimum absolute atomic E-state index is 0.0235. The molecule has 2 aromatic rings. The maximum Gasteiger partial charge on any atom is 0.253 e. The van der Waals surface area contributed by atoms with E-state index in [1.54, 1.807) is 24.3 Å². The number of rotatable bonds is 6. The summed E-state index contributed by atoms with van der Waals surface area (Å²) in [6.45, 7) is 0. The molecule has 1 unspecified atom stereocenters. The summed E-state index contributed by atoms with van der Waals surface area (Å²) in [6, 6.07) is 15.4. The number of nitrogens with one attached hydrogen (secondary N) is 2. The Bertz CT molecular complexity index is 826. The van der Waals surface area contributed by atoms with Crippen LogP contribution in [0, 0.1) is 0 Å². The number of benzene rings is 2. The number of anilines is 1. The SMILES string of the molecule is O=C(CCc1ccccc1)NNC1CC(=O)N(c2cccc(Cl)c2)C1=O. The zero-order chi connectivity index (χ0) is 18.5. The number of carbonyl (C=O) groups excluding carboxylic acids is 3. The Morgan fingerprint density at radius 2 is 1.88 bits per heavy atom. The predicted octanol–water partition coefficient (Wildman–Crippen LogP) is 2.23. The van der Waals surface area contributed by atoms with Gasteiger partial charge in [0.1, 0.15) is 6.04 Å². The van der Waals surface area contributed by atoms with E-state index in [0.717, 1.165) is 10.5 Å². The largest absolute Gasteiger partial charge is 0.291 e. The fourth-order valence-corrected chi connectivity index (χ4v) is 2.95. The molecule has 3 amide bonds. The first kappa shape index (κ1) is 18.1. The van der Waals surface area contributed by atoms with Crippen LogP contribution in [0.2, 0.25) is 5.02 Å². The molecule has 3 rings (SSSR count). The van der Waals surface area contributed by atoms with Crippen molar-refractivity contribution in [1.82, 2.24) is 10.9 Å². The van der Waals surface area contributed by atoms with Crippen LogP contribution in [-0.2, 0) is 20.8 Å². The van der Waals surface area contributed by atoms with Gasteiger partial charge in [-0.05, 0) is 30.2 Å². The van der Waals surface area contributed by atoms with Gasteiger partial charge in [0.2, 0.25) is 11.8 Å². The summed E-state index contributed by atoms with van der Waals surface area (Å²) in [4.78, 5) is 37.7. The zero-order valence-corrected chi connectivity index (χ0v) is 14.7. The molecule has 1 heterocycles. The molecule has 1 aliphatic heterocycles. The molecule has 0 bridgehead atoms. The number of amides is 3. The van der Waals surface area contributed by atoms with Gasteiger partial charge in [-0.1, -0.05) is 48.0 Å². The van der Waals surface area contributed by atoms with Crippen LogP contribution in [0.3, 0.4) is 0 Å². The van der Waals surface area contributed by atoms with Crippen molar-refractivity contribution in [3.05, 3.63) is 65.2 Å². The highest BCUT2D eigenvalue weighted by Crippen LogP contribution is 2.25. The van der Waals surface area contributed by atoms with Crippen molar-refractivity contribution in [3.63, 3.8) is 0 Å². The van der Waals surface area contributed by atoms with E-state index in [1.807, 2.05) is 30.3 Å². The highest BCUT2D eigenvalue weighted by molar-refractivity contribution is 6.31. The smallest absolute Gasteiger partial charge is 0.253 e. The van der Waals surface area contributed by atoms with Crippen LogP contribution in [0.5, 0.6) is 0 Å². The molecule has 1 aliphatic rings. The van der Waals surface area contributed by atoms with Gasteiger partial charge in [-0.2, -0.15) is 0 Å². The van der Waals surface area contributed by atoms with Crippen LogP contribution in [0.1, 0.15) is 18.4 Å². The van der Waals surface area contributed by atoms with E-state index < -0.39 is 11.9 Å². The summed E-state index contributed by atoms with van der Waals surface area (Å²) >= 11 is 5.92. The number of aryl methyl sites for hydroxylation is 1. The molecule has 1 atom stereocenters. The summed E-state index contributed by atoms with van der Waals surface area (Å²) in [5.74, 6) is -0.996. The average molecular weight is 372 g/mol. The molecule has 26 heavy (non-hydrogen) atoms. The second kappa shape index (κ2) is 8.12. The van der Waals surface area contributed by atoms with Gasteiger partial charge in [-0.3, -0.25) is 19.8 Å². The first-order valence-corrected chi connectivity index (χ1v) is 8.63. The van der Waals surface area contributed by atoms with Crippen LogP contribution in [0.4, 0.5) is 5.69 Å². The van der Waals surface area contributed by atoms with Gasteiger partial charge >= 0.3 is 0 Å². The number of hydrazine groups is 1. The van der Waals surface area contributed by atoms with Gasteiger partial charge < -0.3 is 0 Å². The van der Waals surface area contributed by atoms with Gasteiger partial charge in [-0.15, -0.1) is 0 Å². The molecule has 134 valence electrons. The van der Waals surface area contributed by atoms with E-state index in [4.69, 9.17) is 11.6 Å². The Morgan fingerprint density at radius 1 is 1.12 bits per heavy atom. The van der Waals surface area contributed by atoms with Crippen molar-refractivity contribution in [1.29, 1.82) is 0 Å². The van der Waals surface area contributed by atoms with Gasteiger partial charge in [0.25, 0.3) is 5.91 Å². The zero-order valence-electron chi connectivity index (χ0n) is 13.9. The summed E-state index contributed by atoms with van der Waals surface area (Å²) in [6.07, 6.45) is 0.856. The molecule has 2 N–H and O–H groups in total. The molecule has 6 nitrogen and oxygen atoms in total. The van der Waals surface area contributed by atoms with E-state index in [9.17, 15) is 14.4 Å². The summed E-state index contributed by atoms with van der Waals surface area (Å²) in [7, 11) is 0. The third kappa shape index (κ3) is 4.28. The second-order valence-corrected chi connectivity index (χ2v) is 6.42. The van der Waals surface area contributed by atoms with Crippen molar-refractivity contribution < 1.29 is 14.4 Å². The normalized spacial score (nSPS) is 16.8. The number of hydrogen-bond acceptors (Lipinski definition) is 4. The Kier molecular flexibility index (Phi) is 5.65. The van der Waals surface area contributed by atoms with E-state index in [0.29, 0.717) is 17.1 Å². The van der Waals surface area contributed by atoms with E-state index in [1.165, 1.54) is 0 Å². The molecular weight excluding hydrogens is 354 g/mol. The summed E-state index contributed by atoms with van der Waals surface area (Å²) in [5.41, 5.74) is 6.66. The van der Waals surface area contributed by atoms with Crippen LogP contribution < -0.4 is 15.8 Å². The molecular formula is C19H18ClN3O3. The number of nitrogens with zero attached hydrogens (tertiary/aromatic N) is 1. The van der Waals surface area contributed by atoms with Crippen LogP contribution in [-0.4, -0.2) is 23.8 Å². The number of hydrogen-bond donors (Lipinski definition) is 2. The second-order valence-electron chi connectivity index (χ2n) is 5.98. The van der Waals surface area contributed by atoms with E-state index >= 15 is 0 Å². The first-order valence-electron chi connectivity index (χ1n) is 8.25. The Morgan fingerprint density at radius 3 is 2.62 bits per heavy atom. The molecule has 1 fully saturated rings. The Hall–Kier alpha value is -2.70. The lowest BCUT2D eigenvalue weighted by Crippen LogP contribution is -2.48. The minimum atomic E-state index is -0.790. The summed E-state index contributed by atoms with van der Waals surface area (Å²) in [5, 5.41) is 0.439. The van der Waals surface area contributed by atoms with Gasteiger partial charge in [0, 0.05) is 11.4 Å². The van der Waals surface area contributed by atoms with Crippen molar-refractivity contribution in [3.8, 4) is 0 Å². The van der Waals surface area contributed by atoms with Gasteiger partial charge in [0.15, 0.2) is 0 Å². The molecule has 7 heteroatoms. The topological polar surface area (TPSA) is 78.5 Å². The highest BCUT2D eigenvalue weighted by atomic mass is 35.5. The van der Waals surface area contributed by atoms with Crippen molar-refractivity contribution >= 4 is 35.0 Å². The number of imide groups is 1. The standard InChI is InChI=1S/C19H18ClN3O3/c20-14-7-4-8-15(11-14)23-18(25)12-16(19(23)26)21-22-17(24)10-9-13-5-2-1-3-6-13/h1-8,11,16,21H,9-10,12H2,(H,22,24). The lowest BCUT2D eigenvalue weighted by Gasteiger charge is -2.16. The Balaban J connectivity index is 1.53. The van der Waals surface area contributed by atoms with Crippen LogP contribution >= 0.6 is 11.6 Å². The van der Waals surface area contributed by atoms with Crippen molar-refractivity contribution in [2.24, 2.45) is 0 Å². The van der Waals surface area contributed by atoms with Crippen LogP contribution in [0.15, 0.2) is 54.6 Å². The van der Waals surface area contributed by atoms with Crippen molar-refractivity contribution in [2.75, 3.05) is 4.90 Å². The molecule has 0 aromatic heterocycles. The highest BCUT2D eigenvalue weighted by Gasteiger charge is 2.39. The molecule has 0 radical (unpaired) electrons. The first-order chi connectivity index (χ1) is 12.5. The third-order valence-corrected chi connectivity index (χ3v) is 4.32. The molecule has 0 saturated carbocycles. The molecule has 1 saturated heterocycles. The van der Waals surface area contributed by atoms with E-state index in [-0.39, 0.29) is 24.7 Å². The van der Waals surface area contributed by atoms with E-state index in [2.05, 4.69) is 10.9 Å². The predicted molar refractivity (Wildman–Crippen MR) is 98.4 cm³/mol.